The highest BCUT2D eigenvalue weighted by molar-refractivity contribution is 7.08. The van der Waals surface area contributed by atoms with Gasteiger partial charge in [0.1, 0.15) is 0 Å². The third-order valence-electron chi connectivity index (χ3n) is 1.76. The molecule has 0 bridgehead atoms. The Hall–Kier alpha value is -1.48. The number of thiophene rings is 1. The van der Waals surface area contributed by atoms with Crippen molar-refractivity contribution < 1.29 is 4.79 Å². The molecule has 2 rings (SSSR count). The van der Waals surface area contributed by atoms with Crippen molar-refractivity contribution in [3.63, 3.8) is 0 Å². The lowest BCUT2D eigenvalue weighted by molar-refractivity contribution is 0.112. The second-order valence-corrected chi connectivity index (χ2v) is 3.35. The topological polar surface area (TPSA) is 30.0 Å². The first kappa shape index (κ1) is 8.13. The zero-order valence-corrected chi connectivity index (χ0v) is 7.62. The summed E-state index contributed by atoms with van der Waals surface area (Å²) in [6.45, 7) is 0. The molecule has 0 saturated heterocycles. The van der Waals surface area contributed by atoms with E-state index in [0.717, 1.165) is 17.5 Å². The van der Waals surface area contributed by atoms with E-state index in [1.807, 2.05) is 16.8 Å². The largest absolute Gasteiger partial charge is 0.298 e. The molecule has 0 atom stereocenters. The van der Waals surface area contributed by atoms with Gasteiger partial charge in [-0.05, 0) is 23.6 Å². The van der Waals surface area contributed by atoms with E-state index >= 15 is 0 Å². The standard InChI is InChI=1S/C10H7NOS/c12-6-8-2-1-4-11-10(8)9-3-5-13-7-9/h1-7H. The predicted octanol–water partition coefficient (Wildman–Crippen LogP) is 2.62. The van der Waals surface area contributed by atoms with E-state index in [4.69, 9.17) is 0 Å². The lowest BCUT2D eigenvalue weighted by Gasteiger charge is -1.98. The molecule has 0 aliphatic carbocycles. The normalized spacial score (nSPS) is 9.85. The van der Waals surface area contributed by atoms with Crippen molar-refractivity contribution in [1.82, 2.24) is 4.98 Å². The minimum Gasteiger partial charge on any atom is -0.298 e. The lowest BCUT2D eigenvalue weighted by Crippen LogP contribution is -1.88. The Morgan fingerprint density at radius 3 is 3.00 bits per heavy atom. The van der Waals surface area contributed by atoms with E-state index in [1.165, 1.54) is 0 Å². The maximum atomic E-state index is 10.7. The lowest BCUT2D eigenvalue weighted by atomic mass is 10.1. The summed E-state index contributed by atoms with van der Waals surface area (Å²) in [5.41, 5.74) is 2.41. The van der Waals surface area contributed by atoms with E-state index in [1.54, 1.807) is 29.7 Å². The highest BCUT2D eigenvalue weighted by atomic mass is 32.1. The molecule has 13 heavy (non-hydrogen) atoms. The molecule has 64 valence electrons. The van der Waals surface area contributed by atoms with Crippen LogP contribution in [0.15, 0.2) is 35.2 Å². The van der Waals surface area contributed by atoms with Gasteiger partial charge < -0.3 is 0 Å². The summed E-state index contributed by atoms with van der Waals surface area (Å²) in [5, 5.41) is 3.95. The molecule has 2 heterocycles. The maximum Gasteiger partial charge on any atom is 0.152 e. The van der Waals surface area contributed by atoms with Crippen molar-refractivity contribution in [2.75, 3.05) is 0 Å². The SMILES string of the molecule is O=Cc1cccnc1-c1ccsc1. The second kappa shape index (κ2) is 3.49. The maximum absolute atomic E-state index is 10.7. The summed E-state index contributed by atoms with van der Waals surface area (Å²) in [7, 11) is 0. The molecule has 0 aliphatic heterocycles. The zero-order valence-electron chi connectivity index (χ0n) is 6.81. The molecule has 2 aromatic heterocycles. The number of pyridine rings is 1. The highest BCUT2D eigenvalue weighted by Gasteiger charge is 2.04. The molecule has 2 aromatic rings. The zero-order chi connectivity index (χ0) is 9.10. The quantitative estimate of drug-likeness (QED) is 0.680. The molecule has 2 nitrogen and oxygen atoms in total. The molecular weight excluding hydrogens is 182 g/mol. The van der Waals surface area contributed by atoms with Crippen LogP contribution < -0.4 is 0 Å². The summed E-state index contributed by atoms with van der Waals surface area (Å²) >= 11 is 1.60. The molecule has 3 heteroatoms. The number of nitrogens with zero attached hydrogens (tertiary/aromatic N) is 1. The summed E-state index contributed by atoms with van der Waals surface area (Å²) < 4.78 is 0. The van der Waals surface area contributed by atoms with Gasteiger partial charge in [-0.1, -0.05) is 0 Å². The monoisotopic (exact) mass is 189 g/mol. The summed E-state index contributed by atoms with van der Waals surface area (Å²) in [4.78, 5) is 14.9. The fourth-order valence-corrected chi connectivity index (χ4v) is 1.79. The van der Waals surface area contributed by atoms with Crippen LogP contribution in [0, 0.1) is 0 Å². The smallest absolute Gasteiger partial charge is 0.152 e. The van der Waals surface area contributed by atoms with E-state index in [-0.39, 0.29) is 0 Å². The number of aldehydes is 1. The number of aromatic nitrogens is 1. The van der Waals surface area contributed by atoms with Gasteiger partial charge in [0.15, 0.2) is 6.29 Å². The Morgan fingerprint density at radius 1 is 1.38 bits per heavy atom. The van der Waals surface area contributed by atoms with Crippen LogP contribution in [0.5, 0.6) is 0 Å². The van der Waals surface area contributed by atoms with Crippen LogP contribution >= 0.6 is 11.3 Å². The van der Waals surface area contributed by atoms with E-state index in [9.17, 15) is 4.79 Å². The van der Waals surface area contributed by atoms with Gasteiger partial charge in [0.25, 0.3) is 0 Å². The van der Waals surface area contributed by atoms with Gasteiger partial charge in [0.2, 0.25) is 0 Å². The predicted molar refractivity (Wildman–Crippen MR) is 52.9 cm³/mol. The summed E-state index contributed by atoms with van der Waals surface area (Å²) in [6, 6.07) is 5.49. The van der Waals surface area contributed by atoms with Crippen LogP contribution in [0.1, 0.15) is 10.4 Å². The van der Waals surface area contributed by atoms with Crippen LogP contribution in [0.3, 0.4) is 0 Å². The minimum absolute atomic E-state index is 0.640. The molecule has 0 aliphatic rings. The van der Waals surface area contributed by atoms with Gasteiger partial charge in [-0.15, -0.1) is 0 Å². The van der Waals surface area contributed by atoms with Crippen LogP contribution in [0.4, 0.5) is 0 Å². The van der Waals surface area contributed by atoms with Gasteiger partial charge in [-0.25, -0.2) is 0 Å². The Balaban J connectivity index is 2.57. The van der Waals surface area contributed by atoms with Gasteiger partial charge in [0, 0.05) is 22.7 Å². The molecule has 0 aromatic carbocycles. The van der Waals surface area contributed by atoms with Crippen molar-refractivity contribution in [2.45, 2.75) is 0 Å². The van der Waals surface area contributed by atoms with Crippen molar-refractivity contribution in [2.24, 2.45) is 0 Å². The highest BCUT2D eigenvalue weighted by Crippen LogP contribution is 2.21. The van der Waals surface area contributed by atoms with Crippen LogP contribution in [0.25, 0.3) is 11.3 Å². The number of carbonyl (C=O) groups is 1. The molecule has 0 fully saturated rings. The molecule has 0 unspecified atom stereocenters. The van der Waals surface area contributed by atoms with Crippen molar-refractivity contribution >= 4 is 17.6 Å². The van der Waals surface area contributed by atoms with Gasteiger partial charge >= 0.3 is 0 Å². The molecule has 0 radical (unpaired) electrons. The fraction of sp³-hybridized carbons (Fsp3) is 0. The van der Waals surface area contributed by atoms with Crippen LogP contribution in [0.2, 0.25) is 0 Å². The van der Waals surface area contributed by atoms with Gasteiger partial charge in [-0.3, -0.25) is 9.78 Å². The number of rotatable bonds is 2. The number of hydrogen-bond acceptors (Lipinski definition) is 3. The van der Waals surface area contributed by atoms with E-state index in [0.29, 0.717) is 5.56 Å². The van der Waals surface area contributed by atoms with Crippen molar-refractivity contribution in [3.05, 3.63) is 40.7 Å². The Kier molecular flexibility index (Phi) is 2.19. The minimum atomic E-state index is 0.640. The molecule has 0 amide bonds. The first-order valence-corrected chi connectivity index (χ1v) is 4.79. The van der Waals surface area contributed by atoms with Crippen molar-refractivity contribution in [1.29, 1.82) is 0 Å². The average molecular weight is 189 g/mol. The average Bonchev–Trinajstić information content (AvgIpc) is 2.70. The fourth-order valence-electron chi connectivity index (χ4n) is 1.15. The second-order valence-electron chi connectivity index (χ2n) is 2.57. The molecule has 0 saturated carbocycles. The summed E-state index contributed by atoms with van der Waals surface area (Å²) in [6.07, 6.45) is 2.53. The Morgan fingerprint density at radius 2 is 2.31 bits per heavy atom. The first-order chi connectivity index (χ1) is 6.42. The molecule has 0 N–H and O–H groups in total. The Labute approximate surface area is 79.9 Å². The third-order valence-corrected chi connectivity index (χ3v) is 2.44. The molecular formula is C10H7NOS. The van der Waals surface area contributed by atoms with Crippen LogP contribution in [-0.4, -0.2) is 11.3 Å². The van der Waals surface area contributed by atoms with E-state index < -0.39 is 0 Å². The Bertz CT molecular complexity index is 409. The first-order valence-electron chi connectivity index (χ1n) is 3.84. The van der Waals surface area contributed by atoms with E-state index in [2.05, 4.69) is 4.98 Å². The van der Waals surface area contributed by atoms with Crippen LogP contribution in [-0.2, 0) is 0 Å². The molecule has 0 spiro atoms. The third kappa shape index (κ3) is 1.51. The number of carbonyl (C=O) groups excluding carboxylic acids is 1. The number of hydrogen-bond donors (Lipinski definition) is 0. The van der Waals surface area contributed by atoms with Gasteiger partial charge in [-0.2, -0.15) is 11.3 Å². The van der Waals surface area contributed by atoms with Crippen molar-refractivity contribution in [3.8, 4) is 11.3 Å². The van der Waals surface area contributed by atoms with Gasteiger partial charge in [0.05, 0.1) is 5.69 Å². The summed E-state index contributed by atoms with van der Waals surface area (Å²) in [5.74, 6) is 0.